The number of nitrogens with two attached hydrogens (primary N) is 1. The zero-order valence-electron chi connectivity index (χ0n) is 13.6. The number of carbonyl (C=O) groups excluding carboxylic acids is 2. The Kier molecular flexibility index (Phi) is 6.99. The quantitative estimate of drug-likeness (QED) is 0.770. The van der Waals surface area contributed by atoms with Gasteiger partial charge >= 0.3 is 6.09 Å². The number of likely N-dealkylation sites (tertiary alicyclic amines) is 1. The van der Waals surface area contributed by atoms with Crippen molar-refractivity contribution in [2.24, 2.45) is 5.73 Å². The molecule has 7 heteroatoms. The van der Waals surface area contributed by atoms with Gasteiger partial charge in [0.05, 0.1) is 12.7 Å². The molecule has 0 saturated carbocycles. The number of nitrogens with zero attached hydrogens (tertiary/aromatic N) is 1. The minimum absolute atomic E-state index is 0.0719. The van der Waals surface area contributed by atoms with Crippen molar-refractivity contribution in [3.63, 3.8) is 0 Å². The highest BCUT2D eigenvalue weighted by molar-refractivity contribution is 5.76. The van der Waals surface area contributed by atoms with Crippen LogP contribution in [0.25, 0.3) is 0 Å². The Morgan fingerprint density at radius 1 is 1.17 bits per heavy atom. The SMILES string of the molecule is NC(=O)OCCOC1CCN(C(=O)CCc2ccc(F)cc2)CC1. The summed E-state index contributed by atoms with van der Waals surface area (Å²) < 4.78 is 23.0. The molecule has 0 radical (unpaired) electrons. The number of benzene rings is 1. The third-order valence-electron chi connectivity index (χ3n) is 4.02. The third-order valence-corrected chi connectivity index (χ3v) is 4.02. The van der Waals surface area contributed by atoms with Crippen molar-refractivity contribution in [2.45, 2.75) is 31.8 Å². The smallest absolute Gasteiger partial charge is 0.404 e. The fourth-order valence-corrected chi connectivity index (χ4v) is 2.69. The highest BCUT2D eigenvalue weighted by Crippen LogP contribution is 2.15. The van der Waals surface area contributed by atoms with E-state index in [1.165, 1.54) is 12.1 Å². The van der Waals surface area contributed by atoms with E-state index in [0.717, 1.165) is 18.4 Å². The summed E-state index contributed by atoms with van der Waals surface area (Å²) in [5.74, 6) is -0.164. The van der Waals surface area contributed by atoms with E-state index in [0.29, 0.717) is 32.5 Å². The molecular formula is C17H23FN2O4. The average Bonchev–Trinajstić information content (AvgIpc) is 2.58. The van der Waals surface area contributed by atoms with Crippen LogP contribution in [0.1, 0.15) is 24.8 Å². The Morgan fingerprint density at radius 2 is 1.83 bits per heavy atom. The van der Waals surface area contributed by atoms with Crippen molar-refractivity contribution in [3.05, 3.63) is 35.6 Å². The maximum atomic E-state index is 12.8. The van der Waals surface area contributed by atoms with Crippen LogP contribution in [0.5, 0.6) is 0 Å². The van der Waals surface area contributed by atoms with Crippen LogP contribution in [-0.2, 0) is 20.7 Å². The molecule has 1 aromatic carbocycles. The minimum atomic E-state index is -0.805. The van der Waals surface area contributed by atoms with E-state index in [-0.39, 0.29) is 24.4 Å². The van der Waals surface area contributed by atoms with Gasteiger partial charge < -0.3 is 20.1 Å². The molecule has 1 aromatic rings. The molecule has 1 fully saturated rings. The molecule has 132 valence electrons. The first kappa shape index (κ1) is 18.2. The van der Waals surface area contributed by atoms with Gasteiger partial charge in [-0.05, 0) is 37.0 Å². The minimum Gasteiger partial charge on any atom is -0.447 e. The summed E-state index contributed by atoms with van der Waals surface area (Å²) in [7, 11) is 0. The fraction of sp³-hybridized carbons (Fsp3) is 0.529. The summed E-state index contributed by atoms with van der Waals surface area (Å²) in [5, 5.41) is 0. The van der Waals surface area contributed by atoms with E-state index in [2.05, 4.69) is 4.74 Å². The van der Waals surface area contributed by atoms with Gasteiger partial charge in [-0.15, -0.1) is 0 Å². The first-order valence-electron chi connectivity index (χ1n) is 8.10. The molecule has 0 atom stereocenters. The lowest BCUT2D eigenvalue weighted by Gasteiger charge is -2.32. The highest BCUT2D eigenvalue weighted by atomic mass is 19.1. The largest absolute Gasteiger partial charge is 0.447 e. The number of halogens is 1. The van der Waals surface area contributed by atoms with Crippen molar-refractivity contribution in [3.8, 4) is 0 Å². The molecule has 6 nitrogen and oxygen atoms in total. The molecule has 24 heavy (non-hydrogen) atoms. The molecule has 1 heterocycles. The number of hydrogen-bond donors (Lipinski definition) is 1. The van der Waals surface area contributed by atoms with E-state index in [9.17, 15) is 14.0 Å². The lowest BCUT2D eigenvalue weighted by Crippen LogP contribution is -2.41. The Balaban J connectivity index is 1.63. The van der Waals surface area contributed by atoms with Crippen molar-refractivity contribution in [2.75, 3.05) is 26.3 Å². The molecule has 0 aromatic heterocycles. The zero-order chi connectivity index (χ0) is 17.4. The van der Waals surface area contributed by atoms with E-state index < -0.39 is 6.09 Å². The molecule has 0 unspecified atom stereocenters. The van der Waals surface area contributed by atoms with Crippen molar-refractivity contribution >= 4 is 12.0 Å². The fourth-order valence-electron chi connectivity index (χ4n) is 2.69. The first-order valence-corrected chi connectivity index (χ1v) is 8.10. The summed E-state index contributed by atoms with van der Waals surface area (Å²) in [4.78, 5) is 24.5. The van der Waals surface area contributed by atoms with Crippen molar-refractivity contribution in [1.29, 1.82) is 0 Å². The number of aryl methyl sites for hydroxylation is 1. The molecule has 2 amide bonds. The maximum absolute atomic E-state index is 12.8. The molecule has 0 spiro atoms. The molecular weight excluding hydrogens is 315 g/mol. The van der Waals surface area contributed by atoms with E-state index in [4.69, 9.17) is 10.5 Å². The lowest BCUT2D eigenvalue weighted by atomic mass is 10.1. The second kappa shape index (κ2) is 9.22. The second-order valence-electron chi connectivity index (χ2n) is 5.74. The normalized spacial score (nSPS) is 15.3. The molecule has 1 aliphatic rings. The predicted octanol–water partition coefficient (Wildman–Crippen LogP) is 1.86. The standard InChI is InChI=1S/C17H23FN2O4/c18-14-4-1-13(2-5-14)3-6-16(21)20-9-7-15(8-10-20)23-11-12-24-17(19)22/h1-2,4-5,15H,3,6-12H2,(H2,19,22). The number of carbonyl (C=O) groups is 2. The van der Waals surface area contributed by atoms with Crippen LogP contribution in [0, 0.1) is 5.82 Å². The van der Waals surface area contributed by atoms with Gasteiger partial charge in [0.1, 0.15) is 12.4 Å². The van der Waals surface area contributed by atoms with Crippen LogP contribution in [0.3, 0.4) is 0 Å². The number of piperidine rings is 1. The van der Waals surface area contributed by atoms with Crippen LogP contribution in [0.4, 0.5) is 9.18 Å². The number of primary amides is 1. The zero-order valence-corrected chi connectivity index (χ0v) is 13.6. The van der Waals surface area contributed by atoms with Gasteiger partial charge in [-0.3, -0.25) is 4.79 Å². The van der Waals surface area contributed by atoms with Gasteiger partial charge in [-0.2, -0.15) is 0 Å². The average molecular weight is 338 g/mol. The van der Waals surface area contributed by atoms with Gasteiger partial charge in [0.15, 0.2) is 0 Å². The first-order chi connectivity index (χ1) is 11.5. The van der Waals surface area contributed by atoms with Crippen LogP contribution in [-0.4, -0.2) is 49.3 Å². The molecule has 0 bridgehead atoms. The van der Waals surface area contributed by atoms with Crippen LogP contribution >= 0.6 is 0 Å². The predicted molar refractivity (Wildman–Crippen MR) is 85.8 cm³/mol. The van der Waals surface area contributed by atoms with Crippen molar-refractivity contribution in [1.82, 2.24) is 4.90 Å². The summed E-state index contributed by atoms with van der Waals surface area (Å²) in [6.45, 7) is 1.77. The maximum Gasteiger partial charge on any atom is 0.404 e. The Hall–Kier alpha value is -2.15. The third kappa shape index (κ3) is 6.16. The highest BCUT2D eigenvalue weighted by Gasteiger charge is 2.22. The molecule has 2 rings (SSSR count). The van der Waals surface area contributed by atoms with E-state index in [1.54, 1.807) is 12.1 Å². The number of rotatable bonds is 7. The second-order valence-corrected chi connectivity index (χ2v) is 5.74. The number of hydrogen-bond acceptors (Lipinski definition) is 4. The van der Waals surface area contributed by atoms with Crippen LogP contribution in [0.2, 0.25) is 0 Å². The number of ether oxygens (including phenoxy) is 2. The van der Waals surface area contributed by atoms with Gasteiger partial charge in [-0.25, -0.2) is 9.18 Å². The van der Waals surface area contributed by atoms with Crippen LogP contribution < -0.4 is 5.73 Å². The Labute approximate surface area is 140 Å². The van der Waals surface area contributed by atoms with Gasteiger partial charge in [0.2, 0.25) is 5.91 Å². The summed E-state index contributed by atoms with van der Waals surface area (Å²) in [6, 6.07) is 6.23. The number of amides is 2. The topological polar surface area (TPSA) is 81.9 Å². The summed E-state index contributed by atoms with van der Waals surface area (Å²) >= 11 is 0. The lowest BCUT2D eigenvalue weighted by molar-refractivity contribution is -0.133. The van der Waals surface area contributed by atoms with Crippen LogP contribution in [0.15, 0.2) is 24.3 Å². The van der Waals surface area contributed by atoms with E-state index in [1.807, 2.05) is 4.90 Å². The Bertz CT molecular complexity index is 542. The van der Waals surface area contributed by atoms with Crippen molar-refractivity contribution < 1.29 is 23.5 Å². The molecule has 1 aliphatic heterocycles. The molecule has 0 aliphatic carbocycles. The monoisotopic (exact) mass is 338 g/mol. The van der Waals surface area contributed by atoms with E-state index >= 15 is 0 Å². The van der Waals surface area contributed by atoms with Gasteiger partial charge in [-0.1, -0.05) is 12.1 Å². The Morgan fingerprint density at radius 3 is 2.46 bits per heavy atom. The molecule has 2 N–H and O–H groups in total. The van der Waals surface area contributed by atoms with Gasteiger partial charge in [0.25, 0.3) is 0 Å². The summed E-state index contributed by atoms with van der Waals surface area (Å²) in [6.07, 6.45) is 1.82. The molecule has 1 saturated heterocycles. The summed E-state index contributed by atoms with van der Waals surface area (Å²) in [5.41, 5.74) is 5.82. The van der Waals surface area contributed by atoms with Gasteiger partial charge in [0, 0.05) is 19.5 Å².